The highest BCUT2D eigenvalue weighted by Gasteiger charge is 2.36. The number of anilines is 2. The highest BCUT2D eigenvalue weighted by molar-refractivity contribution is 7.13. The van der Waals surface area contributed by atoms with E-state index in [2.05, 4.69) is 30.1 Å². The number of carbonyl (C=O) groups is 1. The molecule has 1 N–H and O–H groups in total. The van der Waals surface area contributed by atoms with E-state index in [0.717, 1.165) is 45.2 Å². The molecule has 4 rings (SSSR count). The topological polar surface area (TPSA) is 77.5 Å². The Morgan fingerprint density at radius 3 is 2.50 bits per heavy atom. The number of carbonyl (C=O) groups excluding carboxylic acids is 1. The summed E-state index contributed by atoms with van der Waals surface area (Å²) in [5.74, 6) is 0.801. The summed E-state index contributed by atoms with van der Waals surface area (Å²) >= 11 is 1.43. The lowest BCUT2D eigenvalue weighted by Crippen LogP contribution is -2.64. The molecule has 0 aliphatic carbocycles. The van der Waals surface area contributed by atoms with E-state index in [-0.39, 0.29) is 6.03 Å². The molecule has 2 amide bonds. The summed E-state index contributed by atoms with van der Waals surface area (Å²) in [5, 5.41) is 5.33. The summed E-state index contributed by atoms with van der Waals surface area (Å²) in [4.78, 5) is 31.3. The molecule has 24 heavy (non-hydrogen) atoms. The first-order valence-corrected chi connectivity index (χ1v) is 8.89. The smallest absolute Gasteiger partial charge is 0.323 e. The van der Waals surface area contributed by atoms with Gasteiger partial charge in [0.25, 0.3) is 0 Å². The standard InChI is InChI=1S/C15H19N7OS/c23-15(19-14-18-4-9-24-14)22-10-12(11-22)20-5-7-21(8-6-20)13-16-2-1-3-17-13/h1-4,9,12H,5-8,10-11H2,(H,18,19,23). The predicted octanol–water partition coefficient (Wildman–Crippen LogP) is 0.971. The lowest BCUT2D eigenvalue weighted by molar-refractivity contribution is 0.0577. The van der Waals surface area contributed by atoms with Crippen LogP contribution in [-0.4, -0.2) is 76.1 Å². The molecule has 2 aromatic heterocycles. The van der Waals surface area contributed by atoms with E-state index in [1.54, 1.807) is 18.6 Å². The van der Waals surface area contributed by atoms with E-state index < -0.39 is 0 Å². The fourth-order valence-corrected chi connectivity index (χ4v) is 3.57. The number of hydrogen-bond acceptors (Lipinski definition) is 7. The Kier molecular flexibility index (Phi) is 4.26. The van der Waals surface area contributed by atoms with Crippen molar-refractivity contribution in [3.05, 3.63) is 30.0 Å². The second-order valence-corrected chi connectivity index (χ2v) is 6.79. The van der Waals surface area contributed by atoms with E-state index in [1.807, 2.05) is 16.3 Å². The molecule has 2 aliphatic heterocycles. The number of amides is 2. The molecular formula is C15H19N7OS. The molecule has 2 aromatic rings. The van der Waals surface area contributed by atoms with Gasteiger partial charge in [-0.05, 0) is 6.07 Å². The summed E-state index contributed by atoms with van der Waals surface area (Å²) in [6.07, 6.45) is 5.24. The largest absolute Gasteiger partial charge is 0.338 e. The average molecular weight is 345 g/mol. The predicted molar refractivity (Wildman–Crippen MR) is 92.3 cm³/mol. The maximum atomic E-state index is 12.1. The molecule has 0 aromatic carbocycles. The maximum Gasteiger partial charge on any atom is 0.323 e. The second kappa shape index (κ2) is 6.70. The normalized spacial score (nSPS) is 19.2. The van der Waals surface area contributed by atoms with Gasteiger partial charge in [-0.1, -0.05) is 0 Å². The zero-order chi connectivity index (χ0) is 16.4. The molecule has 126 valence electrons. The van der Waals surface area contributed by atoms with Crippen LogP contribution in [0.3, 0.4) is 0 Å². The molecule has 4 heterocycles. The molecule has 2 fully saturated rings. The van der Waals surface area contributed by atoms with Crippen LogP contribution in [0.2, 0.25) is 0 Å². The number of rotatable bonds is 3. The number of aromatic nitrogens is 3. The number of nitrogens with zero attached hydrogens (tertiary/aromatic N) is 6. The molecule has 0 radical (unpaired) electrons. The Labute approximate surface area is 144 Å². The summed E-state index contributed by atoms with van der Waals surface area (Å²) in [5.41, 5.74) is 0. The van der Waals surface area contributed by atoms with Crippen molar-refractivity contribution in [2.24, 2.45) is 0 Å². The van der Waals surface area contributed by atoms with Crippen molar-refractivity contribution < 1.29 is 4.79 Å². The Hall–Kier alpha value is -2.26. The average Bonchev–Trinajstić information content (AvgIpc) is 3.08. The van der Waals surface area contributed by atoms with E-state index in [9.17, 15) is 4.79 Å². The van der Waals surface area contributed by atoms with Crippen LogP contribution >= 0.6 is 11.3 Å². The molecule has 0 atom stereocenters. The van der Waals surface area contributed by atoms with Crippen LogP contribution in [0.15, 0.2) is 30.0 Å². The number of thiazole rings is 1. The van der Waals surface area contributed by atoms with Gasteiger partial charge in [-0.2, -0.15) is 0 Å². The Morgan fingerprint density at radius 2 is 1.83 bits per heavy atom. The van der Waals surface area contributed by atoms with Crippen LogP contribution in [0.4, 0.5) is 15.9 Å². The fraction of sp³-hybridized carbons (Fsp3) is 0.467. The highest BCUT2D eigenvalue weighted by atomic mass is 32.1. The minimum Gasteiger partial charge on any atom is -0.338 e. The van der Waals surface area contributed by atoms with E-state index >= 15 is 0 Å². The van der Waals surface area contributed by atoms with Crippen molar-refractivity contribution >= 4 is 28.4 Å². The summed E-state index contributed by atoms with van der Waals surface area (Å²) < 4.78 is 0. The molecule has 9 heteroatoms. The summed E-state index contributed by atoms with van der Waals surface area (Å²) in [6.45, 7) is 5.35. The number of piperazine rings is 1. The van der Waals surface area contributed by atoms with Gasteiger partial charge in [-0.25, -0.2) is 19.7 Å². The van der Waals surface area contributed by atoms with Crippen LogP contribution in [-0.2, 0) is 0 Å². The Balaban J connectivity index is 1.23. The van der Waals surface area contributed by atoms with Crippen molar-refractivity contribution in [3.8, 4) is 0 Å². The van der Waals surface area contributed by atoms with Crippen LogP contribution < -0.4 is 10.2 Å². The molecule has 0 unspecified atom stereocenters. The van der Waals surface area contributed by atoms with Gasteiger partial charge in [0, 0.05) is 69.3 Å². The van der Waals surface area contributed by atoms with Crippen molar-refractivity contribution in [2.75, 3.05) is 49.5 Å². The van der Waals surface area contributed by atoms with Gasteiger partial charge < -0.3 is 9.80 Å². The minimum atomic E-state index is -0.0579. The first kappa shape index (κ1) is 15.3. The van der Waals surface area contributed by atoms with Crippen molar-refractivity contribution in [1.29, 1.82) is 0 Å². The lowest BCUT2D eigenvalue weighted by Gasteiger charge is -2.47. The maximum absolute atomic E-state index is 12.1. The highest BCUT2D eigenvalue weighted by Crippen LogP contribution is 2.20. The third-order valence-electron chi connectivity index (χ3n) is 4.46. The van der Waals surface area contributed by atoms with E-state index in [0.29, 0.717) is 11.2 Å². The quantitative estimate of drug-likeness (QED) is 0.893. The number of urea groups is 1. The molecule has 0 bridgehead atoms. The number of likely N-dealkylation sites (tertiary alicyclic amines) is 1. The molecule has 2 aliphatic rings. The van der Waals surface area contributed by atoms with Gasteiger partial charge in [-0.3, -0.25) is 10.2 Å². The van der Waals surface area contributed by atoms with Crippen molar-refractivity contribution in [3.63, 3.8) is 0 Å². The van der Waals surface area contributed by atoms with Gasteiger partial charge in [0.1, 0.15) is 0 Å². The van der Waals surface area contributed by atoms with E-state index in [1.165, 1.54) is 11.3 Å². The van der Waals surface area contributed by atoms with Crippen LogP contribution in [0.25, 0.3) is 0 Å². The Morgan fingerprint density at radius 1 is 1.08 bits per heavy atom. The third kappa shape index (κ3) is 3.17. The summed E-state index contributed by atoms with van der Waals surface area (Å²) in [7, 11) is 0. The van der Waals surface area contributed by atoms with Gasteiger partial charge >= 0.3 is 6.03 Å². The minimum absolute atomic E-state index is 0.0579. The SMILES string of the molecule is O=C(Nc1nccs1)N1CC(N2CCN(c3ncccn3)CC2)C1. The molecule has 8 nitrogen and oxygen atoms in total. The molecular weight excluding hydrogens is 326 g/mol. The van der Waals surface area contributed by atoms with Crippen molar-refractivity contribution in [1.82, 2.24) is 24.8 Å². The first-order valence-electron chi connectivity index (χ1n) is 8.01. The number of hydrogen-bond donors (Lipinski definition) is 1. The second-order valence-electron chi connectivity index (χ2n) is 5.90. The molecule has 2 saturated heterocycles. The van der Waals surface area contributed by atoms with Crippen molar-refractivity contribution in [2.45, 2.75) is 6.04 Å². The Bertz CT molecular complexity index is 666. The van der Waals surface area contributed by atoms with Crippen LogP contribution in [0, 0.1) is 0 Å². The van der Waals surface area contributed by atoms with Gasteiger partial charge in [0.05, 0.1) is 0 Å². The third-order valence-corrected chi connectivity index (χ3v) is 5.15. The zero-order valence-corrected chi connectivity index (χ0v) is 14.0. The lowest BCUT2D eigenvalue weighted by atomic mass is 10.1. The number of nitrogens with one attached hydrogen (secondary N) is 1. The van der Waals surface area contributed by atoms with Gasteiger partial charge in [0.15, 0.2) is 5.13 Å². The van der Waals surface area contributed by atoms with E-state index in [4.69, 9.17) is 0 Å². The van der Waals surface area contributed by atoms with Gasteiger partial charge in [0.2, 0.25) is 5.95 Å². The van der Waals surface area contributed by atoms with Gasteiger partial charge in [-0.15, -0.1) is 11.3 Å². The van der Waals surface area contributed by atoms with Crippen LogP contribution in [0.1, 0.15) is 0 Å². The summed E-state index contributed by atoms with van der Waals surface area (Å²) in [6, 6.07) is 2.22. The zero-order valence-electron chi connectivity index (χ0n) is 13.2. The fourth-order valence-electron chi connectivity index (χ4n) is 3.05. The monoisotopic (exact) mass is 345 g/mol. The van der Waals surface area contributed by atoms with Crippen LogP contribution in [0.5, 0.6) is 0 Å². The molecule has 0 saturated carbocycles. The molecule has 0 spiro atoms. The first-order chi connectivity index (χ1) is 11.8.